The Morgan fingerprint density at radius 1 is 1.45 bits per heavy atom. The highest BCUT2D eigenvalue weighted by Crippen LogP contribution is 2.25. The fourth-order valence-electron chi connectivity index (χ4n) is 2.79. The second-order valence-corrected chi connectivity index (χ2v) is 5.84. The molecule has 0 aromatic carbocycles. The minimum atomic E-state index is 0.0164. The second-order valence-electron chi connectivity index (χ2n) is 5.84. The Kier molecular flexibility index (Phi) is 4.95. The summed E-state index contributed by atoms with van der Waals surface area (Å²) in [6.07, 6.45) is 4.63. The molecule has 1 aromatic heterocycles. The molecule has 2 rings (SSSR count). The van der Waals surface area contributed by atoms with Gasteiger partial charge in [-0.2, -0.15) is 0 Å². The van der Waals surface area contributed by atoms with Crippen molar-refractivity contribution in [3.8, 4) is 0 Å². The number of aromatic nitrogens is 1. The number of carbonyl (C=O) groups is 1. The van der Waals surface area contributed by atoms with Gasteiger partial charge in [0.05, 0.1) is 0 Å². The molecule has 0 spiro atoms. The van der Waals surface area contributed by atoms with Crippen LogP contribution in [0.1, 0.15) is 50.0 Å². The average Bonchev–Trinajstić information content (AvgIpc) is 2.98. The smallest absolute Gasteiger partial charge is 0.272 e. The number of nitrogens with two attached hydrogens (primary N) is 1. The maximum atomic E-state index is 12.7. The molecule has 1 aromatic rings. The van der Waals surface area contributed by atoms with E-state index in [1.165, 1.54) is 12.8 Å². The summed E-state index contributed by atoms with van der Waals surface area (Å²) in [5.74, 6) is 6.35. The number of nitrogens with zero attached hydrogens (tertiary/aromatic N) is 2. The van der Waals surface area contributed by atoms with Gasteiger partial charge < -0.3 is 10.3 Å². The summed E-state index contributed by atoms with van der Waals surface area (Å²) < 4.78 is 0. The van der Waals surface area contributed by atoms with Gasteiger partial charge in [-0.3, -0.25) is 4.79 Å². The number of hydrogen-bond donors (Lipinski definition) is 2. The highest BCUT2D eigenvalue weighted by molar-refractivity contribution is 5.93. The molecule has 5 nitrogen and oxygen atoms in total. The highest BCUT2D eigenvalue weighted by Gasteiger charge is 2.28. The quantitative estimate of drug-likeness (QED) is 0.640. The van der Waals surface area contributed by atoms with Crippen LogP contribution in [0.4, 0.5) is 5.82 Å². The summed E-state index contributed by atoms with van der Waals surface area (Å²) >= 11 is 0. The molecule has 110 valence electrons. The molecule has 0 aliphatic heterocycles. The molecular formula is C15H24N4O. The van der Waals surface area contributed by atoms with Crippen LogP contribution in [0.5, 0.6) is 0 Å². The van der Waals surface area contributed by atoms with Gasteiger partial charge in [-0.25, -0.2) is 10.8 Å². The predicted molar refractivity (Wildman–Crippen MR) is 80.2 cm³/mol. The van der Waals surface area contributed by atoms with E-state index in [0.29, 0.717) is 23.5 Å². The van der Waals surface area contributed by atoms with Crippen molar-refractivity contribution in [2.45, 2.75) is 45.6 Å². The molecule has 0 bridgehead atoms. The zero-order valence-electron chi connectivity index (χ0n) is 12.3. The van der Waals surface area contributed by atoms with Crippen molar-refractivity contribution in [2.24, 2.45) is 11.8 Å². The monoisotopic (exact) mass is 276 g/mol. The Morgan fingerprint density at radius 3 is 2.75 bits per heavy atom. The zero-order chi connectivity index (χ0) is 14.5. The number of nitrogens with one attached hydrogen (secondary N) is 1. The van der Waals surface area contributed by atoms with E-state index in [-0.39, 0.29) is 5.91 Å². The molecule has 1 heterocycles. The molecule has 5 heteroatoms. The summed E-state index contributed by atoms with van der Waals surface area (Å²) in [4.78, 5) is 19.0. The predicted octanol–water partition coefficient (Wildman–Crippen LogP) is 2.41. The van der Waals surface area contributed by atoms with Crippen molar-refractivity contribution in [3.05, 3.63) is 23.9 Å². The highest BCUT2D eigenvalue weighted by atomic mass is 16.2. The van der Waals surface area contributed by atoms with Crippen LogP contribution in [0, 0.1) is 5.92 Å². The van der Waals surface area contributed by atoms with E-state index < -0.39 is 0 Å². The first-order chi connectivity index (χ1) is 9.61. The van der Waals surface area contributed by atoms with Gasteiger partial charge in [0.15, 0.2) is 0 Å². The Bertz CT molecular complexity index is 455. The van der Waals surface area contributed by atoms with Crippen LogP contribution < -0.4 is 11.3 Å². The molecule has 0 radical (unpaired) electrons. The number of rotatable bonds is 5. The molecule has 1 fully saturated rings. The van der Waals surface area contributed by atoms with Gasteiger partial charge in [-0.15, -0.1) is 0 Å². The SMILES string of the molecule is CC(C)CN(C(=O)c1cccc(NN)n1)C1CCCC1. The van der Waals surface area contributed by atoms with Gasteiger partial charge in [0.2, 0.25) is 0 Å². The number of amides is 1. The van der Waals surface area contributed by atoms with E-state index in [1.54, 1.807) is 18.2 Å². The summed E-state index contributed by atoms with van der Waals surface area (Å²) in [7, 11) is 0. The van der Waals surface area contributed by atoms with Crippen LogP contribution in [0.25, 0.3) is 0 Å². The van der Waals surface area contributed by atoms with Crippen LogP contribution >= 0.6 is 0 Å². The summed E-state index contributed by atoms with van der Waals surface area (Å²) in [5.41, 5.74) is 2.96. The molecule has 0 saturated heterocycles. The standard InChI is InChI=1S/C15H24N4O/c1-11(2)10-19(12-6-3-4-7-12)15(20)13-8-5-9-14(17-13)18-16/h5,8-9,11-12H,3-4,6-7,10,16H2,1-2H3,(H,17,18). The molecule has 1 saturated carbocycles. The number of anilines is 1. The number of hydrazine groups is 1. The third kappa shape index (κ3) is 3.48. The average molecular weight is 276 g/mol. The van der Waals surface area contributed by atoms with Crippen molar-refractivity contribution in [1.82, 2.24) is 9.88 Å². The van der Waals surface area contributed by atoms with Crippen molar-refractivity contribution in [3.63, 3.8) is 0 Å². The zero-order valence-corrected chi connectivity index (χ0v) is 12.3. The van der Waals surface area contributed by atoms with Gasteiger partial charge in [0.25, 0.3) is 5.91 Å². The van der Waals surface area contributed by atoms with E-state index in [1.807, 2.05) is 4.90 Å². The van der Waals surface area contributed by atoms with Crippen molar-refractivity contribution >= 4 is 11.7 Å². The van der Waals surface area contributed by atoms with E-state index in [2.05, 4.69) is 24.3 Å². The van der Waals surface area contributed by atoms with E-state index in [0.717, 1.165) is 19.4 Å². The third-order valence-corrected chi connectivity index (χ3v) is 3.70. The molecule has 0 unspecified atom stereocenters. The van der Waals surface area contributed by atoms with Crippen LogP contribution in [0.2, 0.25) is 0 Å². The molecule has 0 atom stereocenters. The second kappa shape index (κ2) is 6.70. The lowest BCUT2D eigenvalue weighted by Gasteiger charge is -2.30. The van der Waals surface area contributed by atoms with Crippen LogP contribution in [0.15, 0.2) is 18.2 Å². The summed E-state index contributed by atoms with van der Waals surface area (Å²) in [5, 5.41) is 0. The normalized spacial score (nSPS) is 15.6. The first kappa shape index (κ1) is 14.8. The van der Waals surface area contributed by atoms with Gasteiger partial charge in [-0.1, -0.05) is 32.8 Å². The van der Waals surface area contributed by atoms with Crippen molar-refractivity contribution < 1.29 is 4.79 Å². The molecule has 20 heavy (non-hydrogen) atoms. The van der Waals surface area contributed by atoms with Gasteiger partial charge in [0.1, 0.15) is 11.5 Å². The molecule has 3 N–H and O–H groups in total. The topological polar surface area (TPSA) is 71.2 Å². The number of hydrogen-bond acceptors (Lipinski definition) is 4. The van der Waals surface area contributed by atoms with Crippen LogP contribution in [-0.2, 0) is 0 Å². The lowest BCUT2D eigenvalue weighted by Crippen LogP contribution is -2.41. The molecular weight excluding hydrogens is 252 g/mol. The Hall–Kier alpha value is -1.62. The molecule has 1 aliphatic rings. The molecule has 1 amide bonds. The Labute approximate surface area is 120 Å². The van der Waals surface area contributed by atoms with Gasteiger partial charge >= 0.3 is 0 Å². The van der Waals surface area contributed by atoms with Crippen LogP contribution in [0.3, 0.4) is 0 Å². The first-order valence-corrected chi connectivity index (χ1v) is 7.36. The fraction of sp³-hybridized carbons (Fsp3) is 0.600. The maximum absolute atomic E-state index is 12.7. The van der Waals surface area contributed by atoms with Crippen molar-refractivity contribution in [2.75, 3.05) is 12.0 Å². The minimum absolute atomic E-state index is 0.0164. The number of pyridine rings is 1. The van der Waals surface area contributed by atoms with Gasteiger partial charge in [0, 0.05) is 12.6 Å². The number of nitrogen functional groups attached to an aromatic ring is 1. The van der Waals surface area contributed by atoms with E-state index >= 15 is 0 Å². The summed E-state index contributed by atoms with van der Waals surface area (Å²) in [6, 6.07) is 5.67. The Balaban J connectivity index is 2.20. The van der Waals surface area contributed by atoms with E-state index in [9.17, 15) is 4.79 Å². The first-order valence-electron chi connectivity index (χ1n) is 7.36. The van der Waals surface area contributed by atoms with Crippen molar-refractivity contribution in [1.29, 1.82) is 0 Å². The number of carbonyl (C=O) groups excluding carboxylic acids is 1. The lowest BCUT2D eigenvalue weighted by atomic mass is 10.1. The fourth-order valence-corrected chi connectivity index (χ4v) is 2.79. The van der Waals surface area contributed by atoms with Gasteiger partial charge in [-0.05, 0) is 30.9 Å². The largest absolute Gasteiger partial charge is 0.334 e. The van der Waals surface area contributed by atoms with E-state index in [4.69, 9.17) is 5.84 Å². The molecule has 1 aliphatic carbocycles. The van der Waals surface area contributed by atoms with Crippen LogP contribution in [-0.4, -0.2) is 28.4 Å². The third-order valence-electron chi connectivity index (χ3n) is 3.70. The maximum Gasteiger partial charge on any atom is 0.272 e. The summed E-state index contributed by atoms with van der Waals surface area (Å²) in [6.45, 7) is 5.06. The minimum Gasteiger partial charge on any atom is -0.334 e. The lowest BCUT2D eigenvalue weighted by molar-refractivity contribution is 0.0649. The Morgan fingerprint density at radius 2 is 2.15 bits per heavy atom.